The smallest absolute Gasteiger partial charge is 0.240 e. The number of ether oxygens (including phenoxy) is 1. The Hall–Kier alpha value is -2.03. The Morgan fingerprint density at radius 3 is 2.37 bits per heavy atom. The van der Waals surface area contributed by atoms with Crippen LogP contribution < -0.4 is 14.8 Å². The molecule has 6 nitrogen and oxygen atoms in total. The van der Waals surface area contributed by atoms with Crippen molar-refractivity contribution in [1.29, 1.82) is 0 Å². The Balaban J connectivity index is 2.02. The predicted molar refractivity (Wildman–Crippen MR) is 109 cm³/mol. The summed E-state index contributed by atoms with van der Waals surface area (Å²) >= 11 is 1.43. The lowest BCUT2D eigenvalue weighted by Crippen LogP contribution is -2.28. The molecule has 0 aliphatic rings. The lowest BCUT2D eigenvalue weighted by atomic mass is 10.1. The van der Waals surface area contributed by atoms with Gasteiger partial charge in [0.2, 0.25) is 15.9 Å². The van der Waals surface area contributed by atoms with Crippen molar-refractivity contribution >= 4 is 33.4 Å². The van der Waals surface area contributed by atoms with Crippen LogP contribution in [0.1, 0.15) is 18.1 Å². The van der Waals surface area contributed by atoms with E-state index < -0.39 is 10.0 Å². The molecule has 2 aromatic carbocycles. The normalized spacial score (nSPS) is 11.3. The molecule has 0 unspecified atom stereocenters. The number of benzene rings is 2. The quantitative estimate of drug-likeness (QED) is 0.517. The van der Waals surface area contributed by atoms with Crippen LogP contribution in [0.4, 0.5) is 5.69 Å². The summed E-state index contributed by atoms with van der Waals surface area (Å²) in [5, 5.41) is 2.66. The summed E-state index contributed by atoms with van der Waals surface area (Å²) in [6, 6.07) is 10.5. The van der Waals surface area contributed by atoms with Crippen molar-refractivity contribution in [2.24, 2.45) is 0 Å². The number of thioether (sulfide) groups is 1. The number of amides is 1. The van der Waals surface area contributed by atoms with Gasteiger partial charge in [-0.15, -0.1) is 11.8 Å². The zero-order chi connectivity index (χ0) is 20.0. The van der Waals surface area contributed by atoms with E-state index in [1.54, 1.807) is 6.07 Å². The molecule has 2 N–H and O–H groups in total. The molecule has 0 saturated heterocycles. The van der Waals surface area contributed by atoms with E-state index >= 15 is 0 Å². The fourth-order valence-corrected chi connectivity index (χ4v) is 4.16. The molecular weight excluding hydrogens is 384 g/mol. The van der Waals surface area contributed by atoms with Crippen LogP contribution in [0.2, 0.25) is 0 Å². The monoisotopic (exact) mass is 408 g/mol. The van der Waals surface area contributed by atoms with Crippen LogP contribution in [0.15, 0.2) is 46.2 Å². The molecule has 8 heteroatoms. The molecule has 146 valence electrons. The summed E-state index contributed by atoms with van der Waals surface area (Å²) < 4.78 is 33.2. The highest BCUT2D eigenvalue weighted by Gasteiger charge is 2.16. The first-order valence-corrected chi connectivity index (χ1v) is 11.1. The number of carbonyl (C=O) groups is 1. The molecule has 0 bridgehead atoms. The molecule has 0 spiro atoms. The second-order valence-electron chi connectivity index (χ2n) is 6.11. The summed E-state index contributed by atoms with van der Waals surface area (Å²) in [6.45, 7) is 5.69. The Morgan fingerprint density at radius 2 is 1.78 bits per heavy atom. The molecule has 0 saturated carbocycles. The molecule has 2 rings (SSSR count). The number of hydrogen-bond donors (Lipinski definition) is 2. The van der Waals surface area contributed by atoms with Crippen LogP contribution in [-0.4, -0.2) is 33.7 Å². The topological polar surface area (TPSA) is 84.5 Å². The molecule has 27 heavy (non-hydrogen) atoms. The van der Waals surface area contributed by atoms with Gasteiger partial charge in [0, 0.05) is 18.4 Å². The second-order valence-corrected chi connectivity index (χ2v) is 8.73. The summed E-state index contributed by atoms with van der Waals surface area (Å²) in [5.74, 6) is 0.457. The van der Waals surface area contributed by atoms with E-state index in [1.165, 1.54) is 30.8 Å². The summed E-state index contributed by atoms with van der Waals surface area (Å²) in [6.07, 6.45) is 1.86. The van der Waals surface area contributed by atoms with Crippen LogP contribution in [0, 0.1) is 13.8 Å². The van der Waals surface area contributed by atoms with E-state index in [-0.39, 0.29) is 24.0 Å². The molecule has 0 radical (unpaired) electrons. The zero-order valence-electron chi connectivity index (χ0n) is 15.8. The summed E-state index contributed by atoms with van der Waals surface area (Å²) in [4.78, 5) is 12.2. The molecule has 0 fully saturated rings. The Morgan fingerprint density at radius 1 is 1.11 bits per heavy atom. The van der Waals surface area contributed by atoms with E-state index in [0.717, 1.165) is 16.0 Å². The molecule has 0 aromatic heterocycles. The number of sulfonamides is 1. The summed E-state index contributed by atoms with van der Waals surface area (Å²) in [7, 11) is -3.70. The Bertz CT molecular complexity index is 907. The second kappa shape index (κ2) is 9.25. The molecule has 2 aromatic rings. The van der Waals surface area contributed by atoms with E-state index in [2.05, 4.69) is 10.0 Å². The van der Waals surface area contributed by atoms with Gasteiger partial charge in [-0.2, -0.15) is 0 Å². The molecule has 0 aliphatic carbocycles. The first-order valence-electron chi connectivity index (χ1n) is 8.37. The van der Waals surface area contributed by atoms with Gasteiger partial charge in [-0.3, -0.25) is 4.79 Å². The van der Waals surface area contributed by atoms with Gasteiger partial charge >= 0.3 is 0 Å². The standard InChI is InChI=1S/C19H24N2O4S2/c1-13-9-14(2)11-16(10-13)25-8-7-20-27(23,24)17-5-6-19(26-4)18(12-17)21-15(3)22/h5-6,9-12,20H,7-8H2,1-4H3,(H,21,22). The number of anilines is 1. The van der Waals surface area contributed by atoms with Crippen LogP contribution in [0.5, 0.6) is 5.75 Å². The highest BCUT2D eigenvalue weighted by Crippen LogP contribution is 2.28. The maximum atomic E-state index is 12.5. The van der Waals surface area contributed by atoms with Crippen molar-refractivity contribution in [3.63, 3.8) is 0 Å². The highest BCUT2D eigenvalue weighted by atomic mass is 32.2. The van der Waals surface area contributed by atoms with Crippen molar-refractivity contribution in [3.8, 4) is 5.75 Å². The van der Waals surface area contributed by atoms with Gasteiger partial charge in [-0.1, -0.05) is 6.07 Å². The predicted octanol–water partition coefficient (Wildman–Crippen LogP) is 3.34. The van der Waals surface area contributed by atoms with Gasteiger partial charge < -0.3 is 10.1 Å². The fraction of sp³-hybridized carbons (Fsp3) is 0.316. The van der Waals surface area contributed by atoms with Gasteiger partial charge in [-0.25, -0.2) is 13.1 Å². The van der Waals surface area contributed by atoms with Crippen LogP contribution in [0.25, 0.3) is 0 Å². The van der Waals surface area contributed by atoms with Gasteiger partial charge in [-0.05, 0) is 61.6 Å². The van der Waals surface area contributed by atoms with Crippen molar-refractivity contribution in [3.05, 3.63) is 47.5 Å². The minimum Gasteiger partial charge on any atom is -0.492 e. The third-order valence-electron chi connectivity index (χ3n) is 3.65. The SMILES string of the molecule is CSc1ccc(S(=O)(=O)NCCOc2cc(C)cc(C)c2)cc1NC(C)=O. The third-order valence-corrected chi connectivity index (χ3v) is 5.90. The van der Waals surface area contributed by atoms with Gasteiger partial charge in [0.25, 0.3) is 0 Å². The minimum absolute atomic E-state index is 0.0930. The molecule has 0 aliphatic heterocycles. The van der Waals surface area contributed by atoms with Crippen molar-refractivity contribution in [2.75, 3.05) is 24.7 Å². The lowest BCUT2D eigenvalue weighted by molar-refractivity contribution is -0.114. The van der Waals surface area contributed by atoms with Gasteiger partial charge in [0.05, 0.1) is 10.6 Å². The first-order chi connectivity index (χ1) is 12.7. The molecule has 0 heterocycles. The Kier molecular flexibility index (Phi) is 7.29. The molecular formula is C19H24N2O4S2. The van der Waals surface area contributed by atoms with E-state index in [9.17, 15) is 13.2 Å². The van der Waals surface area contributed by atoms with Gasteiger partial charge in [0.15, 0.2) is 0 Å². The van der Waals surface area contributed by atoms with E-state index in [4.69, 9.17) is 4.74 Å². The molecule has 0 atom stereocenters. The van der Waals surface area contributed by atoms with Crippen molar-refractivity contribution in [1.82, 2.24) is 4.72 Å². The van der Waals surface area contributed by atoms with Crippen LogP contribution in [-0.2, 0) is 14.8 Å². The average Bonchev–Trinajstić information content (AvgIpc) is 2.57. The minimum atomic E-state index is -3.70. The first kappa shape index (κ1) is 21.3. The fourth-order valence-electron chi connectivity index (χ4n) is 2.59. The summed E-state index contributed by atoms with van der Waals surface area (Å²) in [5.41, 5.74) is 2.65. The lowest BCUT2D eigenvalue weighted by Gasteiger charge is -2.12. The number of hydrogen-bond acceptors (Lipinski definition) is 5. The number of nitrogens with one attached hydrogen (secondary N) is 2. The van der Waals surface area contributed by atoms with Crippen molar-refractivity contribution < 1.29 is 17.9 Å². The van der Waals surface area contributed by atoms with E-state index in [0.29, 0.717) is 11.4 Å². The molecule has 1 amide bonds. The number of carbonyl (C=O) groups excluding carboxylic acids is 1. The number of rotatable bonds is 8. The number of aryl methyl sites for hydroxylation is 2. The van der Waals surface area contributed by atoms with Crippen LogP contribution >= 0.6 is 11.8 Å². The maximum absolute atomic E-state index is 12.5. The zero-order valence-corrected chi connectivity index (χ0v) is 17.5. The average molecular weight is 409 g/mol. The van der Waals surface area contributed by atoms with Gasteiger partial charge in [0.1, 0.15) is 12.4 Å². The highest BCUT2D eigenvalue weighted by molar-refractivity contribution is 7.98. The third kappa shape index (κ3) is 6.27. The van der Waals surface area contributed by atoms with E-state index in [1.807, 2.05) is 38.3 Å². The Labute approximate surface area is 164 Å². The van der Waals surface area contributed by atoms with Crippen molar-refractivity contribution in [2.45, 2.75) is 30.6 Å². The van der Waals surface area contributed by atoms with Crippen LogP contribution in [0.3, 0.4) is 0 Å². The maximum Gasteiger partial charge on any atom is 0.240 e. The largest absolute Gasteiger partial charge is 0.492 e.